The average molecular weight is 300 g/mol. The summed E-state index contributed by atoms with van der Waals surface area (Å²) in [5, 5.41) is 2.11. The summed E-state index contributed by atoms with van der Waals surface area (Å²) in [6.07, 6.45) is 4.93. The molecule has 2 aliphatic heterocycles. The number of thiophene rings is 1. The first-order valence-electron chi connectivity index (χ1n) is 7.12. The third-order valence-corrected chi connectivity index (χ3v) is 5.20. The fraction of sp³-hybridized carbons (Fsp3) is 0.400. The third kappa shape index (κ3) is 2.34. The van der Waals surface area contributed by atoms with E-state index in [1.54, 1.807) is 23.7 Å². The summed E-state index contributed by atoms with van der Waals surface area (Å²) in [7, 11) is 0. The molecule has 2 aromatic heterocycles. The number of anilines is 1. The molecule has 0 aliphatic carbocycles. The Balaban J connectivity index is 1.45. The second-order valence-electron chi connectivity index (χ2n) is 5.69. The molecule has 4 heterocycles. The van der Waals surface area contributed by atoms with Crippen LogP contribution < -0.4 is 4.90 Å². The Morgan fingerprint density at radius 3 is 2.81 bits per heavy atom. The van der Waals surface area contributed by atoms with Crippen molar-refractivity contribution in [2.45, 2.75) is 6.54 Å². The standard InChI is InChI=1S/C15H16N4OS/c20-15-14-9-18(8-13-2-1-3-21-13)6-11(14)7-19(15)12-4-16-10-17-5-12/h1-5,10-11,14H,6-9H2/t11-,14-/m1/s1. The van der Waals surface area contributed by atoms with E-state index in [9.17, 15) is 4.79 Å². The van der Waals surface area contributed by atoms with Gasteiger partial charge in [-0.3, -0.25) is 9.69 Å². The Labute approximate surface area is 127 Å². The number of likely N-dealkylation sites (tertiary alicyclic amines) is 1. The number of carbonyl (C=O) groups is 1. The van der Waals surface area contributed by atoms with Crippen LogP contribution in [0.5, 0.6) is 0 Å². The van der Waals surface area contributed by atoms with Gasteiger partial charge in [0.25, 0.3) is 0 Å². The molecule has 5 nitrogen and oxygen atoms in total. The van der Waals surface area contributed by atoms with Gasteiger partial charge in [-0.1, -0.05) is 6.07 Å². The second kappa shape index (κ2) is 5.20. The highest BCUT2D eigenvalue weighted by Crippen LogP contribution is 2.35. The minimum Gasteiger partial charge on any atom is -0.309 e. The van der Waals surface area contributed by atoms with Crippen molar-refractivity contribution < 1.29 is 4.79 Å². The highest BCUT2D eigenvalue weighted by molar-refractivity contribution is 7.09. The van der Waals surface area contributed by atoms with E-state index in [1.807, 2.05) is 4.90 Å². The van der Waals surface area contributed by atoms with Crippen molar-refractivity contribution in [3.63, 3.8) is 0 Å². The van der Waals surface area contributed by atoms with E-state index in [-0.39, 0.29) is 11.8 Å². The number of amides is 1. The topological polar surface area (TPSA) is 49.3 Å². The SMILES string of the molecule is O=C1[C@@H]2CN(Cc3cccs3)C[C@@H]2CN1c1cncnc1. The van der Waals surface area contributed by atoms with Gasteiger partial charge in [0.1, 0.15) is 6.33 Å². The predicted molar refractivity (Wildman–Crippen MR) is 81.0 cm³/mol. The van der Waals surface area contributed by atoms with Crippen molar-refractivity contribution in [1.82, 2.24) is 14.9 Å². The smallest absolute Gasteiger partial charge is 0.231 e. The van der Waals surface area contributed by atoms with E-state index >= 15 is 0 Å². The molecule has 21 heavy (non-hydrogen) atoms. The number of fused-ring (bicyclic) bond motifs is 1. The zero-order chi connectivity index (χ0) is 14.2. The number of carbonyl (C=O) groups excluding carboxylic acids is 1. The Morgan fingerprint density at radius 1 is 1.24 bits per heavy atom. The first-order valence-corrected chi connectivity index (χ1v) is 8.00. The molecule has 0 N–H and O–H groups in total. The lowest BCUT2D eigenvalue weighted by atomic mass is 10.0. The zero-order valence-corrected chi connectivity index (χ0v) is 12.4. The Bertz CT molecular complexity index is 630. The van der Waals surface area contributed by atoms with Gasteiger partial charge in [0, 0.05) is 37.0 Å². The summed E-state index contributed by atoms with van der Waals surface area (Å²) in [4.78, 5) is 26.2. The fourth-order valence-corrected chi connectivity index (χ4v) is 4.11. The van der Waals surface area contributed by atoms with Crippen LogP contribution >= 0.6 is 11.3 Å². The first-order chi connectivity index (χ1) is 10.3. The van der Waals surface area contributed by atoms with Crippen LogP contribution in [0, 0.1) is 11.8 Å². The van der Waals surface area contributed by atoms with Crippen LogP contribution in [-0.4, -0.2) is 40.4 Å². The van der Waals surface area contributed by atoms with Crippen LogP contribution in [0.3, 0.4) is 0 Å². The summed E-state index contributed by atoms with van der Waals surface area (Å²) in [6.45, 7) is 3.62. The number of nitrogens with zero attached hydrogens (tertiary/aromatic N) is 4. The van der Waals surface area contributed by atoms with Crippen LogP contribution in [0.4, 0.5) is 5.69 Å². The van der Waals surface area contributed by atoms with Crippen molar-refractivity contribution in [3.05, 3.63) is 41.1 Å². The van der Waals surface area contributed by atoms with Gasteiger partial charge in [-0.2, -0.15) is 0 Å². The highest BCUT2D eigenvalue weighted by atomic mass is 32.1. The molecule has 2 fully saturated rings. The molecule has 6 heteroatoms. The van der Waals surface area contributed by atoms with E-state index in [0.717, 1.165) is 31.9 Å². The number of aromatic nitrogens is 2. The lowest BCUT2D eigenvalue weighted by molar-refractivity contribution is -0.120. The molecule has 0 bridgehead atoms. The molecular formula is C15H16N4OS. The minimum absolute atomic E-state index is 0.130. The Hall–Kier alpha value is -1.79. The van der Waals surface area contributed by atoms with E-state index in [2.05, 4.69) is 32.4 Å². The van der Waals surface area contributed by atoms with E-state index in [4.69, 9.17) is 0 Å². The van der Waals surface area contributed by atoms with Gasteiger partial charge < -0.3 is 4.90 Å². The quantitative estimate of drug-likeness (QED) is 0.864. The third-order valence-electron chi connectivity index (χ3n) is 4.34. The van der Waals surface area contributed by atoms with Crippen LogP contribution in [0.2, 0.25) is 0 Å². The summed E-state index contributed by atoms with van der Waals surface area (Å²) >= 11 is 1.78. The van der Waals surface area contributed by atoms with Crippen molar-refractivity contribution in [1.29, 1.82) is 0 Å². The molecule has 0 aromatic carbocycles. The van der Waals surface area contributed by atoms with Gasteiger partial charge in [-0.15, -0.1) is 11.3 Å². The number of rotatable bonds is 3. The lowest BCUT2D eigenvalue weighted by Gasteiger charge is -2.20. The minimum atomic E-state index is 0.130. The molecule has 108 valence electrons. The highest BCUT2D eigenvalue weighted by Gasteiger charge is 2.46. The van der Waals surface area contributed by atoms with Crippen LogP contribution in [0.1, 0.15) is 4.88 Å². The zero-order valence-electron chi connectivity index (χ0n) is 11.6. The van der Waals surface area contributed by atoms with Crippen LogP contribution in [-0.2, 0) is 11.3 Å². The summed E-state index contributed by atoms with van der Waals surface area (Å²) in [6, 6.07) is 4.24. The maximum atomic E-state index is 12.6. The van der Waals surface area contributed by atoms with Gasteiger partial charge in [-0.25, -0.2) is 9.97 Å². The molecule has 0 saturated carbocycles. The van der Waals surface area contributed by atoms with E-state index in [1.165, 1.54) is 11.2 Å². The van der Waals surface area contributed by atoms with Crippen molar-refractivity contribution in [3.8, 4) is 0 Å². The molecule has 2 atom stereocenters. The molecule has 1 amide bonds. The van der Waals surface area contributed by atoms with Gasteiger partial charge >= 0.3 is 0 Å². The summed E-state index contributed by atoms with van der Waals surface area (Å²) in [5.41, 5.74) is 0.821. The summed E-state index contributed by atoms with van der Waals surface area (Å²) in [5.74, 6) is 0.784. The molecule has 2 aromatic rings. The molecule has 0 radical (unpaired) electrons. The van der Waals surface area contributed by atoms with Gasteiger partial charge in [0.05, 0.1) is 24.0 Å². The molecule has 4 rings (SSSR count). The maximum absolute atomic E-state index is 12.6. The Morgan fingerprint density at radius 2 is 2.10 bits per heavy atom. The largest absolute Gasteiger partial charge is 0.309 e. The normalized spacial score (nSPS) is 25.5. The molecule has 2 saturated heterocycles. The predicted octanol–water partition coefficient (Wildman–Crippen LogP) is 1.63. The first kappa shape index (κ1) is 12.9. The van der Waals surface area contributed by atoms with Crippen molar-refractivity contribution in [2.75, 3.05) is 24.5 Å². The van der Waals surface area contributed by atoms with Crippen molar-refractivity contribution >= 4 is 22.9 Å². The average Bonchev–Trinajstić information content (AvgIpc) is 3.20. The maximum Gasteiger partial charge on any atom is 0.231 e. The monoisotopic (exact) mass is 300 g/mol. The number of hydrogen-bond donors (Lipinski definition) is 0. The lowest BCUT2D eigenvalue weighted by Crippen LogP contribution is -2.32. The van der Waals surface area contributed by atoms with E-state index in [0.29, 0.717) is 5.92 Å². The Kier molecular flexibility index (Phi) is 3.20. The van der Waals surface area contributed by atoms with E-state index < -0.39 is 0 Å². The van der Waals surface area contributed by atoms with Crippen LogP contribution in [0.25, 0.3) is 0 Å². The molecule has 0 spiro atoms. The fourth-order valence-electron chi connectivity index (χ4n) is 3.37. The molecular weight excluding hydrogens is 284 g/mol. The molecule has 2 aliphatic rings. The van der Waals surface area contributed by atoms with Gasteiger partial charge in [0.15, 0.2) is 0 Å². The summed E-state index contributed by atoms with van der Waals surface area (Å²) < 4.78 is 0. The van der Waals surface area contributed by atoms with Crippen molar-refractivity contribution in [2.24, 2.45) is 11.8 Å². The van der Waals surface area contributed by atoms with Gasteiger partial charge in [-0.05, 0) is 11.4 Å². The second-order valence-corrected chi connectivity index (χ2v) is 6.72. The molecule has 0 unspecified atom stereocenters. The number of hydrogen-bond acceptors (Lipinski definition) is 5. The van der Waals surface area contributed by atoms with Gasteiger partial charge in [0.2, 0.25) is 5.91 Å². The van der Waals surface area contributed by atoms with Crippen LogP contribution in [0.15, 0.2) is 36.2 Å².